The fraction of sp³-hybridized carbons (Fsp3) is 0.227. The Morgan fingerprint density at radius 1 is 1.28 bits per heavy atom. The highest BCUT2D eigenvalue weighted by Crippen LogP contribution is 2.23. The molecule has 3 aromatic rings. The van der Waals surface area contributed by atoms with Gasteiger partial charge in [0.1, 0.15) is 11.5 Å². The van der Waals surface area contributed by atoms with Gasteiger partial charge in [-0.15, -0.1) is 0 Å². The second kappa shape index (κ2) is 10.3. The van der Waals surface area contributed by atoms with Crippen molar-refractivity contribution in [3.63, 3.8) is 0 Å². The van der Waals surface area contributed by atoms with E-state index in [2.05, 4.69) is 36.7 Å². The van der Waals surface area contributed by atoms with Crippen molar-refractivity contribution in [2.24, 2.45) is 4.99 Å². The van der Waals surface area contributed by atoms with E-state index in [1.807, 2.05) is 31.3 Å². The minimum absolute atomic E-state index is 0.196. The highest BCUT2D eigenvalue weighted by atomic mass is 35.5. The van der Waals surface area contributed by atoms with Crippen LogP contribution in [0, 0.1) is 0 Å². The molecule has 0 unspecified atom stereocenters. The van der Waals surface area contributed by atoms with Crippen LogP contribution in [0.4, 0.5) is 19.0 Å². The monoisotopic (exact) mass is 463 g/mol. The topological polar surface area (TPSA) is 75.2 Å². The quantitative estimate of drug-likeness (QED) is 0.243. The molecule has 0 atom stereocenters. The number of nitrogens with zero attached hydrogens (tertiary/aromatic N) is 3. The molecule has 0 aliphatic carbocycles. The van der Waals surface area contributed by atoms with E-state index in [1.54, 1.807) is 18.5 Å². The number of hydrogen-bond donors (Lipinski definition) is 2. The Balaban J connectivity index is 1.56. The van der Waals surface area contributed by atoms with E-state index in [4.69, 9.17) is 11.6 Å². The number of fused-ring (bicyclic) bond motifs is 1. The molecular formula is C22H21ClF3N5O. The van der Waals surface area contributed by atoms with Gasteiger partial charge in [0.15, 0.2) is 6.61 Å². The predicted octanol–water partition coefficient (Wildman–Crippen LogP) is 5.68. The number of alkyl halides is 3. The van der Waals surface area contributed by atoms with E-state index in [0.29, 0.717) is 23.8 Å². The molecule has 0 amide bonds. The summed E-state index contributed by atoms with van der Waals surface area (Å²) >= 11 is 6.05. The number of hydrogen-bond acceptors (Lipinski definition) is 5. The van der Waals surface area contributed by atoms with Crippen molar-refractivity contribution >= 4 is 35.2 Å². The molecule has 0 radical (unpaired) electrons. The summed E-state index contributed by atoms with van der Waals surface area (Å²) in [7, 11) is 0. The van der Waals surface area contributed by atoms with Crippen molar-refractivity contribution in [3.8, 4) is 0 Å². The van der Waals surface area contributed by atoms with Crippen molar-refractivity contribution in [2.75, 3.05) is 18.5 Å². The summed E-state index contributed by atoms with van der Waals surface area (Å²) in [5, 5.41) is 4.71. The van der Waals surface area contributed by atoms with Crippen LogP contribution in [0.1, 0.15) is 18.1 Å². The molecule has 0 aliphatic heterocycles. The van der Waals surface area contributed by atoms with Gasteiger partial charge in [-0.25, -0.2) is 15.0 Å². The smallest absolute Gasteiger partial charge is 0.422 e. The lowest BCUT2D eigenvalue weighted by Crippen LogP contribution is -2.16. The van der Waals surface area contributed by atoms with Gasteiger partial charge >= 0.3 is 6.18 Å². The molecule has 3 aromatic heterocycles. The molecule has 0 spiro atoms. The predicted molar refractivity (Wildman–Crippen MR) is 120 cm³/mol. The summed E-state index contributed by atoms with van der Waals surface area (Å²) in [6, 6.07) is 5.71. The summed E-state index contributed by atoms with van der Waals surface area (Å²) in [4.78, 5) is 15.2. The van der Waals surface area contributed by atoms with Crippen LogP contribution < -0.4 is 5.32 Å². The largest absolute Gasteiger partial charge is 0.468 e. The first kappa shape index (κ1) is 23.3. The van der Waals surface area contributed by atoms with E-state index in [-0.39, 0.29) is 5.88 Å². The number of nitrogens with one attached hydrogen (secondary N) is 2. The van der Waals surface area contributed by atoms with Gasteiger partial charge in [0.05, 0.1) is 5.02 Å². The van der Waals surface area contributed by atoms with Gasteiger partial charge in [-0.2, -0.15) is 13.2 Å². The molecular weight excluding hydrogens is 443 g/mol. The Kier molecular flexibility index (Phi) is 7.53. The number of anilines is 1. The zero-order valence-corrected chi connectivity index (χ0v) is 18.0. The van der Waals surface area contributed by atoms with E-state index < -0.39 is 12.8 Å². The lowest BCUT2D eigenvalue weighted by atomic mass is 10.1. The number of H-pyrrole nitrogens is 1. The Labute approximate surface area is 187 Å². The van der Waals surface area contributed by atoms with Gasteiger partial charge in [0, 0.05) is 43.0 Å². The van der Waals surface area contributed by atoms with Crippen molar-refractivity contribution in [1.82, 2.24) is 15.0 Å². The lowest BCUT2D eigenvalue weighted by molar-refractivity contribution is -0.164. The summed E-state index contributed by atoms with van der Waals surface area (Å²) in [5.41, 5.74) is 3.72. The van der Waals surface area contributed by atoms with Crippen LogP contribution >= 0.6 is 11.6 Å². The number of halogens is 4. The molecule has 2 N–H and O–H groups in total. The van der Waals surface area contributed by atoms with Crippen LogP contribution in [0.5, 0.6) is 0 Å². The first-order valence-electron chi connectivity index (χ1n) is 9.57. The molecule has 6 nitrogen and oxygen atoms in total. The Morgan fingerprint density at radius 3 is 2.78 bits per heavy atom. The number of aromatic amines is 1. The fourth-order valence-electron chi connectivity index (χ4n) is 2.84. The Morgan fingerprint density at radius 2 is 2.09 bits per heavy atom. The van der Waals surface area contributed by atoms with Gasteiger partial charge in [-0.1, -0.05) is 29.3 Å². The third kappa shape index (κ3) is 6.84. The molecule has 0 fully saturated rings. The van der Waals surface area contributed by atoms with Crippen LogP contribution in [0.15, 0.2) is 65.4 Å². The van der Waals surface area contributed by atoms with Crippen molar-refractivity contribution in [2.45, 2.75) is 19.5 Å². The maximum absolute atomic E-state index is 12.2. The first-order valence-corrected chi connectivity index (χ1v) is 9.95. The van der Waals surface area contributed by atoms with E-state index in [0.717, 1.165) is 27.7 Å². The molecule has 3 heterocycles. The standard InChI is InChI=1S/C22H21ClF3N5O/c1-14(3-6-20(27-2)32-13-22(24,25)26)9-28-19-5-4-15(10-29-19)7-16-11-30-21-18(16)8-17(23)12-31-21/h3-6,8,10-12H,2,7,9,13H2,1H3,(H,28,29)(H,30,31)/b14-3+,20-6+. The first-order chi connectivity index (χ1) is 15.2. The van der Waals surface area contributed by atoms with Crippen LogP contribution in [-0.4, -0.2) is 41.0 Å². The Hall–Kier alpha value is -3.33. The van der Waals surface area contributed by atoms with E-state index >= 15 is 0 Å². The molecule has 10 heteroatoms. The number of aromatic nitrogens is 3. The number of allylic oxidation sites excluding steroid dienone is 2. The van der Waals surface area contributed by atoms with Crippen LogP contribution in [0.25, 0.3) is 11.0 Å². The van der Waals surface area contributed by atoms with E-state index in [9.17, 15) is 13.2 Å². The second-order valence-corrected chi connectivity index (χ2v) is 7.46. The van der Waals surface area contributed by atoms with Gasteiger partial charge in [0.2, 0.25) is 5.88 Å². The van der Waals surface area contributed by atoms with Crippen LogP contribution in [0.3, 0.4) is 0 Å². The van der Waals surface area contributed by atoms with Gasteiger partial charge in [0.25, 0.3) is 0 Å². The van der Waals surface area contributed by atoms with Crippen molar-refractivity contribution in [1.29, 1.82) is 0 Å². The van der Waals surface area contributed by atoms with Gasteiger partial charge in [-0.05, 0) is 36.9 Å². The van der Waals surface area contributed by atoms with Crippen molar-refractivity contribution in [3.05, 3.63) is 76.5 Å². The summed E-state index contributed by atoms with van der Waals surface area (Å²) in [5.74, 6) is 0.474. The summed E-state index contributed by atoms with van der Waals surface area (Å²) in [6.07, 6.45) is 4.49. The minimum atomic E-state index is -4.43. The summed E-state index contributed by atoms with van der Waals surface area (Å²) < 4.78 is 41.2. The number of rotatable bonds is 9. The zero-order valence-electron chi connectivity index (χ0n) is 17.2. The normalized spacial score (nSPS) is 12.8. The minimum Gasteiger partial charge on any atom is -0.468 e. The Bertz CT molecular complexity index is 1140. The molecule has 0 saturated heterocycles. The van der Waals surface area contributed by atoms with Gasteiger partial charge in [-0.3, -0.25) is 0 Å². The number of ether oxygens (including phenoxy) is 1. The van der Waals surface area contributed by atoms with Gasteiger partial charge < -0.3 is 15.0 Å². The van der Waals surface area contributed by atoms with Crippen LogP contribution in [-0.2, 0) is 11.2 Å². The maximum atomic E-state index is 12.2. The van der Waals surface area contributed by atoms with E-state index in [1.165, 1.54) is 6.08 Å². The molecule has 0 aromatic carbocycles. The zero-order chi connectivity index (χ0) is 23.1. The van der Waals surface area contributed by atoms with Crippen molar-refractivity contribution < 1.29 is 17.9 Å². The van der Waals surface area contributed by atoms with Crippen LogP contribution in [0.2, 0.25) is 5.02 Å². The molecule has 32 heavy (non-hydrogen) atoms. The third-order valence-electron chi connectivity index (χ3n) is 4.40. The lowest BCUT2D eigenvalue weighted by Gasteiger charge is -2.09. The number of pyridine rings is 2. The fourth-order valence-corrected chi connectivity index (χ4v) is 2.99. The SMILES string of the molecule is C=N/C(=C\C=C(/C)CNc1ccc(Cc2c[nH]c3ncc(Cl)cc23)cn1)OCC(F)(F)F. The third-order valence-corrected chi connectivity index (χ3v) is 4.61. The highest BCUT2D eigenvalue weighted by Gasteiger charge is 2.28. The molecule has 168 valence electrons. The molecule has 0 bridgehead atoms. The molecule has 3 rings (SSSR count). The number of aliphatic imine (C=N–C) groups is 1. The second-order valence-electron chi connectivity index (χ2n) is 7.03. The average molecular weight is 464 g/mol. The molecule has 0 aliphatic rings. The highest BCUT2D eigenvalue weighted by molar-refractivity contribution is 6.31. The summed E-state index contributed by atoms with van der Waals surface area (Å²) in [6.45, 7) is 4.06. The maximum Gasteiger partial charge on any atom is 0.422 e. The average Bonchev–Trinajstić information content (AvgIpc) is 3.14. The molecule has 0 saturated carbocycles.